The third-order valence-corrected chi connectivity index (χ3v) is 8.50. The average Bonchev–Trinajstić information content (AvgIpc) is 2.98. The molecule has 1 aliphatic rings. The van der Waals surface area contributed by atoms with Crippen LogP contribution in [0.4, 0.5) is 4.39 Å². The number of Topliss-reactive ketones (excluding diaryl/α,β-unsaturated/α-hetero) is 1. The van der Waals surface area contributed by atoms with E-state index in [0.717, 1.165) is 5.56 Å². The minimum atomic E-state index is -3.74. The summed E-state index contributed by atoms with van der Waals surface area (Å²) in [6, 6.07) is 24.0. The van der Waals surface area contributed by atoms with Crippen LogP contribution in [0.25, 0.3) is 11.3 Å². The van der Waals surface area contributed by atoms with Gasteiger partial charge in [-0.15, -0.1) is 0 Å². The van der Waals surface area contributed by atoms with E-state index >= 15 is 0 Å². The molecule has 5 rings (SSSR count). The highest BCUT2D eigenvalue weighted by atomic mass is 32.2. The van der Waals surface area contributed by atoms with Crippen molar-refractivity contribution in [3.05, 3.63) is 108 Å². The Balaban J connectivity index is 1.22. The number of ether oxygens (including phenoxy) is 1. The normalized spacial score (nSPS) is 14.1. The molecule has 1 saturated heterocycles. The van der Waals surface area contributed by atoms with Gasteiger partial charge in [0.05, 0.1) is 10.6 Å². The molecule has 0 bridgehead atoms. The maximum absolute atomic E-state index is 13.2. The second-order valence-electron chi connectivity index (χ2n) is 9.27. The topological polar surface area (TPSA) is 96.9 Å². The van der Waals surface area contributed by atoms with E-state index < -0.39 is 10.0 Å². The fraction of sp³-hybridized carbons (Fsp3) is 0.167. The number of aromatic nitrogens is 1. The third kappa shape index (κ3) is 5.93. The first-order valence-electron chi connectivity index (χ1n) is 12.6. The van der Waals surface area contributed by atoms with E-state index in [4.69, 9.17) is 4.74 Å². The van der Waals surface area contributed by atoms with Crippen molar-refractivity contribution >= 4 is 21.7 Å². The summed E-state index contributed by atoms with van der Waals surface area (Å²) in [7, 11) is -3.74. The first-order valence-corrected chi connectivity index (χ1v) is 14.1. The number of hydrogen-bond acceptors (Lipinski definition) is 6. The van der Waals surface area contributed by atoms with Gasteiger partial charge < -0.3 is 9.64 Å². The molecular weight excluding hydrogens is 533 g/mol. The Bertz CT molecular complexity index is 1630. The molecule has 10 heteroatoms. The molecule has 0 atom stereocenters. The number of carbonyl (C=O) groups is 2. The van der Waals surface area contributed by atoms with Crippen molar-refractivity contribution in [2.45, 2.75) is 11.8 Å². The van der Waals surface area contributed by atoms with Gasteiger partial charge in [0.25, 0.3) is 5.91 Å². The Morgan fingerprint density at radius 1 is 0.800 bits per heavy atom. The zero-order valence-corrected chi connectivity index (χ0v) is 22.5. The molecule has 4 aromatic rings. The second kappa shape index (κ2) is 11.4. The third-order valence-electron chi connectivity index (χ3n) is 6.59. The number of piperazine rings is 1. The average molecular weight is 560 g/mol. The van der Waals surface area contributed by atoms with Gasteiger partial charge in [-0.2, -0.15) is 4.31 Å². The number of nitrogens with zero attached hydrogens (tertiary/aromatic N) is 3. The Kier molecular flexibility index (Phi) is 7.72. The van der Waals surface area contributed by atoms with E-state index in [-0.39, 0.29) is 54.3 Å². The first-order chi connectivity index (χ1) is 19.2. The molecule has 0 aliphatic carbocycles. The Morgan fingerprint density at radius 2 is 1.40 bits per heavy atom. The van der Waals surface area contributed by atoms with Crippen LogP contribution in [0.1, 0.15) is 27.8 Å². The number of hydrogen-bond donors (Lipinski definition) is 0. The summed E-state index contributed by atoms with van der Waals surface area (Å²) in [6.07, 6.45) is 0. The fourth-order valence-corrected chi connectivity index (χ4v) is 5.77. The molecule has 1 amide bonds. The van der Waals surface area contributed by atoms with Crippen LogP contribution in [0.2, 0.25) is 0 Å². The van der Waals surface area contributed by atoms with Gasteiger partial charge in [-0.3, -0.25) is 9.59 Å². The second-order valence-corrected chi connectivity index (χ2v) is 11.2. The van der Waals surface area contributed by atoms with Crippen LogP contribution in [-0.4, -0.2) is 60.5 Å². The lowest BCUT2D eigenvalue weighted by Gasteiger charge is -2.33. The monoisotopic (exact) mass is 559 g/mol. The minimum Gasteiger partial charge on any atom is -0.457 e. The lowest BCUT2D eigenvalue weighted by atomic mass is 10.1. The van der Waals surface area contributed by atoms with Crippen molar-refractivity contribution in [1.82, 2.24) is 14.2 Å². The maximum atomic E-state index is 13.2. The lowest BCUT2D eigenvalue weighted by molar-refractivity contribution is 0.0692. The van der Waals surface area contributed by atoms with Crippen LogP contribution in [0.15, 0.2) is 95.9 Å². The Labute approximate surface area is 231 Å². The molecular formula is C30H26FN3O5S. The van der Waals surface area contributed by atoms with Crippen molar-refractivity contribution in [2.24, 2.45) is 0 Å². The van der Waals surface area contributed by atoms with E-state index in [1.807, 2.05) is 12.1 Å². The smallest absolute Gasteiger partial charge is 0.272 e. The van der Waals surface area contributed by atoms with Crippen LogP contribution in [0.5, 0.6) is 11.5 Å². The highest BCUT2D eigenvalue weighted by molar-refractivity contribution is 7.89. The van der Waals surface area contributed by atoms with Gasteiger partial charge >= 0.3 is 0 Å². The summed E-state index contributed by atoms with van der Waals surface area (Å²) in [4.78, 5) is 31.0. The van der Waals surface area contributed by atoms with E-state index in [2.05, 4.69) is 4.98 Å². The van der Waals surface area contributed by atoms with Crippen molar-refractivity contribution in [1.29, 1.82) is 0 Å². The predicted octanol–water partition coefficient (Wildman–Crippen LogP) is 5.03. The van der Waals surface area contributed by atoms with Crippen molar-refractivity contribution < 1.29 is 27.1 Å². The molecule has 2 heterocycles. The van der Waals surface area contributed by atoms with Gasteiger partial charge in [-0.1, -0.05) is 18.2 Å². The van der Waals surface area contributed by atoms with Crippen LogP contribution >= 0.6 is 0 Å². The van der Waals surface area contributed by atoms with E-state index in [0.29, 0.717) is 22.8 Å². The minimum absolute atomic E-state index is 0.112. The van der Waals surface area contributed by atoms with Gasteiger partial charge in [0.15, 0.2) is 5.78 Å². The number of rotatable bonds is 7. The molecule has 0 N–H and O–H groups in total. The van der Waals surface area contributed by atoms with Gasteiger partial charge in [0.2, 0.25) is 10.0 Å². The van der Waals surface area contributed by atoms with Crippen LogP contribution in [0.3, 0.4) is 0 Å². The summed E-state index contributed by atoms with van der Waals surface area (Å²) in [5.41, 5.74) is 2.10. The number of benzene rings is 3. The standard InChI is InChI=1S/C30H26FN3O5S/c1-21(35)22-7-15-27(16-8-22)40(37,38)34-19-17-33(18-20-34)30(36)29-4-2-3-28(32-29)23-5-11-25(12-6-23)39-26-13-9-24(31)10-14-26/h2-16H,17-20H2,1H3. The highest BCUT2D eigenvalue weighted by Crippen LogP contribution is 2.26. The molecule has 204 valence electrons. The Morgan fingerprint density at radius 3 is 2.00 bits per heavy atom. The summed E-state index contributed by atoms with van der Waals surface area (Å²) in [6.45, 7) is 2.18. The number of amides is 1. The summed E-state index contributed by atoms with van der Waals surface area (Å²) >= 11 is 0. The van der Waals surface area contributed by atoms with E-state index in [1.165, 1.54) is 47.6 Å². The summed E-state index contributed by atoms with van der Waals surface area (Å²) in [5, 5.41) is 0. The number of ketones is 1. The molecule has 8 nitrogen and oxygen atoms in total. The maximum Gasteiger partial charge on any atom is 0.272 e. The van der Waals surface area contributed by atoms with Gasteiger partial charge in [0, 0.05) is 37.3 Å². The van der Waals surface area contributed by atoms with E-state index in [1.54, 1.807) is 47.4 Å². The van der Waals surface area contributed by atoms with Crippen LogP contribution < -0.4 is 4.74 Å². The SMILES string of the molecule is CC(=O)c1ccc(S(=O)(=O)N2CCN(C(=O)c3cccc(-c4ccc(Oc5ccc(F)cc5)cc4)n3)CC2)cc1. The number of halogens is 1. The van der Waals surface area contributed by atoms with Crippen LogP contribution in [0, 0.1) is 5.82 Å². The zero-order valence-electron chi connectivity index (χ0n) is 21.7. The first kappa shape index (κ1) is 27.2. The molecule has 3 aromatic carbocycles. The van der Waals surface area contributed by atoms with Crippen LogP contribution in [-0.2, 0) is 10.0 Å². The lowest BCUT2D eigenvalue weighted by Crippen LogP contribution is -2.50. The Hall–Kier alpha value is -4.41. The summed E-state index contributed by atoms with van der Waals surface area (Å²) < 4.78 is 46.3. The number of pyridine rings is 1. The quantitative estimate of drug-likeness (QED) is 0.295. The number of carbonyl (C=O) groups excluding carboxylic acids is 2. The molecule has 40 heavy (non-hydrogen) atoms. The highest BCUT2D eigenvalue weighted by Gasteiger charge is 2.31. The molecule has 1 aliphatic heterocycles. The number of sulfonamides is 1. The zero-order chi connectivity index (χ0) is 28.3. The van der Waals surface area contributed by atoms with E-state index in [9.17, 15) is 22.4 Å². The molecule has 0 radical (unpaired) electrons. The molecule has 0 saturated carbocycles. The predicted molar refractivity (Wildman–Crippen MR) is 147 cm³/mol. The van der Waals surface area contributed by atoms with Gasteiger partial charge in [0.1, 0.15) is 23.0 Å². The van der Waals surface area contributed by atoms with Gasteiger partial charge in [-0.25, -0.2) is 17.8 Å². The van der Waals surface area contributed by atoms with Crippen molar-refractivity contribution in [3.8, 4) is 22.8 Å². The molecule has 0 spiro atoms. The van der Waals surface area contributed by atoms with Crippen molar-refractivity contribution in [2.75, 3.05) is 26.2 Å². The fourth-order valence-electron chi connectivity index (χ4n) is 4.35. The van der Waals surface area contributed by atoms with Crippen molar-refractivity contribution in [3.63, 3.8) is 0 Å². The summed E-state index contributed by atoms with van der Waals surface area (Å²) in [5.74, 6) is 0.332. The molecule has 1 aromatic heterocycles. The largest absolute Gasteiger partial charge is 0.457 e. The molecule has 1 fully saturated rings. The molecule has 0 unspecified atom stereocenters. The van der Waals surface area contributed by atoms with Gasteiger partial charge in [-0.05, 0) is 79.7 Å².